The molecule has 0 aromatic carbocycles. The first kappa shape index (κ1) is 14.1. The van der Waals surface area contributed by atoms with Gasteiger partial charge >= 0.3 is 0 Å². The SMILES string of the molecule is O=C(C[NH+]1CCCCC1)N[C@H]1CS(=O)(=O)C[C@@H]1Cl. The Hall–Kier alpha value is -0.330. The quantitative estimate of drug-likeness (QED) is 0.628. The third kappa shape index (κ3) is 3.83. The lowest BCUT2D eigenvalue weighted by Gasteiger charge is -2.24. The Balaban J connectivity index is 1.80. The van der Waals surface area contributed by atoms with Crippen LogP contribution in [-0.4, -0.2) is 56.9 Å². The van der Waals surface area contributed by atoms with Crippen molar-refractivity contribution < 1.29 is 18.1 Å². The Kier molecular flexibility index (Phi) is 4.50. The van der Waals surface area contributed by atoms with Crippen LogP contribution in [0.2, 0.25) is 0 Å². The van der Waals surface area contributed by atoms with Crippen LogP contribution < -0.4 is 10.2 Å². The van der Waals surface area contributed by atoms with Crippen LogP contribution >= 0.6 is 11.6 Å². The number of piperidine rings is 1. The number of nitrogens with one attached hydrogen (secondary N) is 2. The van der Waals surface area contributed by atoms with Crippen LogP contribution in [0.3, 0.4) is 0 Å². The number of rotatable bonds is 3. The highest BCUT2D eigenvalue weighted by atomic mass is 35.5. The third-order valence-corrected chi connectivity index (χ3v) is 5.98. The Morgan fingerprint density at radius 3 is 2.44 bits per heavy atom. The van der Waals surface area contributed by atoms with Crippen molar-refractivity contribution >= 4 is 27.3 Å². The molecule has 7 heteroatoms. The third-order valence-electron chi connectivity index (χ3n) is 3.60. The molecule has 104 valence electrons. The predicted molar refractivity (Wildman–Crippen MR) is 69.6 cm³/mol. The van der Waals surface area contributed by atoms with Crippen molar-refractivity contribution in [1.29, 1.82) is 0 Å². The molecule has 0 unspecified atom stereocenters. The molecule has 2 aliphatic heterocycles. The van der Waals surface area contributed by atoms with E-state index < -0.39 is 21.3 Å². The van der Waals surface area contributed by atoms with Crippen molar-refractivity contribution in [2.75, 3.05) is 31.1 Å². The molecule has 2 atom stereocenters. The van der Waals surface area contributed by atoms with Gasteiger partial charge in [0.1, 0.15) is 0 Å². The maximum absolute atomic E-state index is 11.8. The zero-order valence-electron chi connectivity index (χ0n) is 10.3. The number of quaternary nitrogens is 1. The number of hydrogen-bond acceptors (Lipinski definition) is 3. The summed E-state index contributed by atoms with van der Waals surface area (Å²) in [4.78, 5) is 13.1. The number of likely N-dealkylation sites (tertiary alicyclic amines) is 1. The minimum absolute atomic E-state index is 0.0256. The van der Waals surface area contributed by atoms with Crippen LogP contribution in [0.1, 0.15) is 19.3 Å². The van der Waals surface area contributed by atoms with Gasteiger partial charge in [-0.1, -0.05) is 0 Å². The second-order valence-electron chi connectivity index (χ2n) is 5.25. The summed E-state index contributed by atoms with van der Waals surface area (Å²) in [5, 5.41) is 2.27. The van der Waals surface area contributed by atoms with E-state index in [9.17, 15) is 13.2 Å². The highest BCUT2D eigenvalue weighted by Gasteiger charge is 2.37. The summed E-state index contributed by atoms with van der Waals surface area (Å²) < 4.78 is 22.8. The summed E-state index contributed by atoms with van der Waals surface area (Å²) in [5.41, 5.74) is 0. The van der Waals surface area contributed by atoms with Gasteiger partial charge in [0, 0.05) is 0 Å². The van der Waals surface area contributed by atoms with Gasteiger partial charge in [-0.15, -0.1) is 11.6 Å². The number of carbonyl (C=O) groups is 1. The van der Waals surface area contributed by atoms with E-state index in [0.29, 0.717) is 6.54 Å². The van der Waals surface area contributed by atoms with Gasteiger partial charge in [0.2, 0.25) is 0 Å². The molecule has 2 heterocycles. The number of carbonyl (C=O) groups excluding carboxylic acids is 1. The van der Waals surface area contributed by atoms with E-state index in [0.717, 1.165) is 13.1 Å². The lowest BCUT2D eigenvalue weighted by molar-refractivity contribution is -0.896. The molecule has 1 amide bonds. The fourth-order valence-electron chi connectivity index (χ4n) is 2.65. The monoisotopic (exact) mass is 295 g/mol. The van der Waals surface area contributed by atoms with Gasteiger partial charge in [-0.3, -0.25) is 4.79 Å². The first-order valence-corrected chi connectivity index (χ1v) is 8.69. The molecule has 0 aromatic rings. The average Bonchev–Trinajstić information content (AvgIpc) is 2.53. The lowest BCUT2D eigenvalue weighted by atomic mass is 10.1. The molecule has 0 radical (unpaired) electrons. The van der Waals surface area contributed by atoms with Crippen LogP contribution in [0.4, 0.5) is 0 Å². The topological polar surface area (TPSA) is 67.7 Å². The second-order valence-corrected chi connectivity index (χ2v) is 7.97. The summed E-state index contributed by atoms with van der Waals surface area (Å²) in [6.07, 6.45) is 3.58. The zero-order valence-corrected chi connectivity index (χ0v) is 11.9. The Bertz CT molecular complexity index is 407. The number of hydrogen-bond donors (Lipinski definition) is 2. The summed E-state index contributed by atoms with van der Waals surface area (Å²) in [5.74, 6) is -0.141. The normalized spacial score (nSPS) is 32.3. The summed E-state index contributed by atoms with van der Waals surface area (Å²) in [6.45, 7) is 2.49. The maximum atomic E-state index is 11.8. The molecule has 0 aromatic heterocycles. The second kappa shape index (κ2) is 5.75. The zero-order chi connectivity index (χ0) is 13.2. The molecule has 2 aliphatic rings. The molecule has 0 aliphatic carbocycles. The smallest absolute Gasteiger partial charge is 0.275 e. The number of sulfone groups is 1. The van der Waals surface area contributed by atoms with Gasteiger partial charge in [-0.25, -0.2) is 8.42 Å². The highest BCUT2D eigenvalue weighted by Crippen LogP contribution is 2.17. The Morgan fingerprint density at radius 1 is 1.22 bits per heavy atom. The molecule has 5 nitrogen and oxygen atoms in total. The van der Waals surface area contributed by atoms with E-state index in [1.54, 1.807) is 0 Å². The molecule has 0 spiro atoms. The molecular formula is C11H20ClN2O3S+. The van der Waals surface area contributed by atoms with E-state index in [1.165, 1.54) is 24.2 Å². The summed E-state index contributed by atoms with van der Waals surface area (Å²) >= 11 is 5.95. The molecular weight excluding hydrogens is 276 g/mol. The van der Waals surface area contributed by atoms with Crippen LogP contribution in [0, 0.1) is 0 Å². The van der Waals surface area contributed by atoms with Crippen LogP contribution in [0.5, 0.6) is 0 Å². The van der Waals surface area contributed by atoms with E-state index >= 15 is 0 Å². The number of halogens is 1. The molecule has 0 bridgehead atoms. The molecule has 2 saturated heterocycles. The predicted octanol–water partition coefficient (Wildman–Crippen LogP) is -1.42. The standard InChI is InChI=1S/C11H19ClN2O3S/c12-9-7-18(16,17)8-10(9)13-11(15)6-14-4-2-1-3-5-14/h9-10H,1-8H2,(H,13,15)/p+1/t9-,10-/m0/s1. The van der Waals surface area contributed by atoms with Gasteiger partial charge in [0.05, 0.1) is 36.0 Å². The van der Waals surface area contributed by atoms with Crippen LogP contribution in [0.25, 0.3) is 0 Å². The maximum Gasteiger partial charge on any atom is 0.275 e. The Morgan fingerprint density at radius 2 is 1.89 bits per heavy atom. The fourth-order valence-corrected chi connectivity index (χ4v) is 5.20. The van der Waals surface area contributed by atoms with Gasteiger partial charge in [0.15, 0.2) is 16.4 Å². The van der Waals surface area contributed by atoms with Crippen molar-refractivity contribution in [2.45, 2.75) is 30.7 Å². The molecule has 18 heavy (non-hydrogen) atoms. The first-order chi connectivity index (χ1) is 8.46. The van der Waals surface area contributed by atoms with Gasteiger partial charge in [-0.2, -0.15) is 0 Å². The summed E-state index contributed by atoms with van der Waals surface area (Å²) in [6, 6.07) is -0.423. The van der Waals surface area contributed by atoms with E-state index in [4.69, 9.17) is 11.6 Å². The van der Waals surface area contributed by atoms with Crippen molar-refractivity contribution in [3.63, 3.8) is 0 Å². The average molecular weight is 296 g/mol. The Labute approximate surface area is 113 Å². The van der Waals surface area contributed by atoms with Crippen LogP contribution in [0.15, 0.2) is 0 Å². The van der Waals surface area contributed by atoms with Gasteiger partial charge < -0.3 is 10.2 Å². The minimum atomic E-state index is -3.08. The molecule has 2 rings (SSSR count). The first-order valence-electron chi connectivity index (χ1n) is 6.44. The minimum Gasteiger partial charge on any atom is -0.346 e. The number of amides is 1. The van der Waals surface area contributed by atoms with E-state index in [2.05, 4.69) is 5.32 Å². The van der Waals surface area contributed by atoms with E-state index in [1.807, 2.05) is 0 Å². The van der Waals surface area contributed by atoms with Gasteiger partial charge in [0.25, 0.3) is 5.91 Å². The lowest BCUT2D eigenvalue weighted by Crippen LogP contribution is -3.14. The molecule has 2 fully saturated rings. The molecule has 2 N–H and O–H groups in total. The largest absolute Gasteiger partial charge is 0.346 e. The summed E-state index contributed by atoms with van der Waals surface area (Å²) in [7, 11) is -3.08. The molecule has 0 saturated carbocycles. The number of alkyl halides is 1. The van der Waals surface area contributed by atoms with Crippen molar-refractivity contribution in [1.82, 2.24) is 5.32 Å². The van der Waals surface area contributed by atoms with Crippen molar-refractivity contribution in [2.24, 2.45) is 0 Å². The van der Waals surface area contributed by atoms with E-state index in [-0.39, 0.29) is 17.4 Å². The van der Waals surface area contributed by atoms with Crippen LogP contribution in [-0.2, 0) is 14.6 Å². The fraction of sp³-hybridized carbons (Fsp3) is 0.909. The highest BCUT2D eigenvalue weighted by molar-refractivity contribution is 7.91. The van der Waals surface area contributed by atoms with Crippen molar-refractivity contribution in [3.8, 4) is 0 Å². The van der Waals surface area contributed by atoms with Gasteiger partial charge in [-0.05, 0) is 19.3 Å². The van der Waals surface area contributed by atoms with Crippen molar-refractivity contribution in [3.05, 3.63) is 0 Å².